The number of halogens is 1. The highest BCUT2D eigenvalue weighted by molar-refractivity contribution is 7.99. The highest BCUT2D eigenvalue weighted by Gasteiger charge is 2.25. The Hall–Kier alpha value is -4.31. The molecule has 45 heavy (non-hydrogen) atoms. The minimum absolute atomic E-state index is 0. The molecule has 5 aromatic rings. The Balaban J connectivity index is 0.000000200. The molecule has 0 aliphatic carbocycles. The maximum Gasteiger partial charge on any atom is 0.413 e. The number of carbonyl (C=O) groups excluding carboxylic acids is 2. The van der Waals surface area contributed by atoms with Crippen molar-refractivity contribution in [3.05, 3.63) is 108 Å². The monoisotopic (exact) mass is 643 g/mol. The van der Waals surface area contributed by atoms with Crippen LogP contribution in [0.25, 0.3) is 11.0 Å². The number of H-pyrrole nitrogens is 1. The number of amides is 1. The molecule has 10 heteroatoms. The van der Waals surface area contributed by atoms with Crippen molar-refractivity contribution in [1.82, 2.24) is 14.9 Å². The molecule has 0 bridgehead atoms. The molecule has 0 saturated carbocycles. The van der Waals surface area contributed by atoms with Gasteiger partial charge in [0.05, 0.1) is 29.5 Å². The number of nitrogens with zero attached hydrogens (tertiary/aromatic N) is 3. The van der Waals surface area contributed by atoms with Gasteiger partial charge in [0.2, 0.25) is 5.95 Å². The van der Waals surface area contributed by atoms with E-state index in [1.54, 1.807) is 30.3 Å². The molecule has 1 aromatic heterocycles. The van der Waals surface area contributed by atoms with Crippen LogP contribution < -0.4 is 10.2 Å². The summed E-state index contributed by atoms with van der Waals surface area (Å²) in [7, 11) is 1.27. The van der Waals surface area contributed by atoms with Crippen molar-refractivity contribution in [2.75, 3.05) is 37.0 Å². The van der Waals surface area contributed by atoms with Gasteiger partial charge in [0.15, 0.2) is 5.78 Å². The topological polar surface area (TPSA) is 90.6 Å². The highest BCUT2D eigenvalue weighted by atomic mass is 35.5. The smallest absolute Gasteiger partial charge is 0.413 e. The van der Waals surface area contributed by atoms with Gasteiger partial charge in [0.1, 0.15) is 0 Å². The summed E-state index contributed by atoms with van der Waals surface area (Å²) in [5.74, 6) is 0.200. The number of likely N-dealkylation sites (N-methyl/N-ethyl adjacent to an activating group) is 1. The molecule has 1 aliphatic rings. The lowest BCUT2D eigenvalue weighted by Gasteiger charge is -2.37. The van der Waals surface area contributed by atoms with E-state index >= 15 is 0 Å². The Morgan fingerprint density at radius 2 is 1.49 bits per heavy atom. The first-order valence-corrected chi connectivity index (χ1v) is 15.5. The molecular weight excluding hydrogens is 606 g/mol. The van der Waals surface area contributed by atoms with Crippen molar-refractivity contribution in [3.63, 3.8) is 0 Å². The zero-order valence-electron chi connectivity index (χ0n) is 25.8. The fourth-order valence-electron chi connectivity index (χ4n) is 5.32. The van der Waals surface area contributed by atoms with Crippen LogP contribution in [0.3, 0.4) is 0 Å². The van der Waals surface area contributed by atoms with E-state index in [1.165, 1.54) is 28.3 Å². The molecule has 1 amide bonds. The number of aromatic nitrogens is 2. The number of fused-ring (bicyclic) bond motifs is 3. The molecule has 0 radical (unpaired) electrons. The van der Waals surface area contributed by atoms with Crippen molar-refractivity contribution in [2.45, 2.75) is 36.6 Å². The number of nitrogens with one attached hydrogen (secondary N) is 2. The number of methoxy groups -OCH3 is 1. The lowest BCUT2D eigenvalue weighted by atomic mass is 10.0. The molecular formula is C35H38ClN5O3S. The van der Waals surface area contributed by atoms with Crippen molar-refractivity contribution < 1.29 is 14.3 Å². The molecule has 4 aromatic carbocycles. The van der Waals surface area contributed by atoms with Crippen LogP contribution in [0.15, 0.2) is 107 Å². The van der Waals surface area contributed by atoms with Crippen LogP contribution in [0.5, 0.6) is 0 Å². The second-order valence-corrected chi connectivity index (χ2v) is 11.4. The third kappa shape index (κ3) is 7.86. The van der Waals surface area contributed by atoms with E-state index < -0.39 is 6.09 Å². The number of anilines is 3. The predicted octanol–water partition coefficient (Wildman–Crippen LogP) is 8.41. The minimum Gasteiger partial charge on any atom is -0.453 e. The molecule has 2 heterocycles. The first-order chi connectivity index (χ1) is 21.4. The normalized spacial score (nSPS) is 12.2. The molecule has 6 rings (SSSR count). The average molecular weight is 644 g/mol. The van der Waals surface area contributed by atoms with Crippen molar-refractivity contribution >= 4 is 64.4 Å². The van der Waals surface area contributed by atoms with Crippen molar-refractivity contribution in [2.24, 2.45) is 0 Å². The van der Waals surface area contributed by atoms with Gasteiger partial charge in [0, 0.05) is 33.5 Å². The zero-order chi connectivity index (χ0) is 31.1. The number of benzene rings is 4. The Morgan fingerprint density at radius 1 is 0.889 bits per heavy atom. The molecule has 0 spiro atoms. The summed E-state index contributed by atoms with van der Waals surface area (Å²) in [5.41, 5.74) is 5.15. The number of aromatic amines is 1. The van der Waals surface area contributed by atoms with Crippen molar-refractivity contribution in [1.29, 1.82) is 0 Å². The standard InChI is InChI=1S/C19H24N2S.C16H13N3O3.ClH/c1-4-20(5-2)15(3)14-21-16-10-6-8-12-18(16)22-19-13-9-7-11-17(19)21;1-22-16(21)19-15-17-12-8-7-11(9-13(12)18-15)14(20)10-5-3-2-4-6-10;/h6-13,15H,4-5,14H2,1-3H3;2-9H,1H3,(H2,17,18,19,21);1H. The fourth-order valence-corrected chi connectivity index (χ4v) is 6.41. The van der Waals surface area contributed by atoms with E-state index in [-0.39, 0.29) is 24.1 Å². The van der Waals surface area contributed by atoms with E-state index in [4.69, 9.17) is 0 Å². The van der Waals surface area contributed by atoms with Crippen molar-refractivity contribution in [3.8, 4) is 0 Å². The Morgan fingerprint density at radius 3 is 2.09 bits per heavy atom. The number of carbonyl (C=O) groups is 2. The number of para-hydroxylation sites is 2. The van der Waals surface area contributed by atoms with Gasteiger partial charge in [0.25, 0.3) is 0 Å². The molecule has 8 nitrogen and oxygen atoms in total. The molecule has 234 valence electrons. The third-order valence-electron chi connectivity index (χ3n) is 7.60. The number of hydrogen-bond acceptors (Lipinski definition) is 7. The summed E-state index contributed by atoms with van der Waals surface area (Å²) in [6.07, 6.45) is -0.611. The molecule has 0 fully saturated rings. The first kappa shape index (κ1) is 33.6. The predicted molar refractivity (Wildman–Crippen MR) is 186 cm³/mol. The first-order valence-electron chi connectivity index (χ1n) is 14.7. The van der Waals surface area contributed by atoms with Gasteiger partial charge in [-0.1, -0.05) is 80.2 Å². The second kappa shape index (κ2) is 15.6. The van der Waals surface area contributed by atoms with E-state index in [1.807, 2.05) is 30.0 Å². The number of rotatable bonds is 8. The van der Waals surface area contributed by atoms with Crippen LogP contribution in [-0.2, 0) is 4.74 Å². The van der Waals surface area contributed by atoms with E-state index in [2.05, 4.69) is 99.1 Å². The lowest BCUT2D eigenvalue weighted by molar-refractivity contribution is 0.103. The van der Waals surface area contributed by atoms with Crippen LogP contribution >= 0.6 is 24.2 Å². The summed E-state index contributed by atoms with van der Waals surface area (Å²) in [6, 6.07) is 32.2. The summed E-state index contributed by atoms with van der Waals surface area (Å²) in [6.45, 7) is 10.0. The van der Waals surface area contributed by atoms with E-state index in [0.29, 0.717) is 28.2 Å². The second-order valence-electron chi connectivity index (χ2n) is 10.3. The zero-order valence-corrected chi connectivity index (χ0v) is 27.5. The quantitative estimate of drug-likeness (QED) is 0.164. The molecule has 1 unspecified atom stereocenters. The van der Waals surface area contributed by atoms with Gasteiger partial charge in [-0.2, -0.15) is 0 Å². The van der Waals surface area contributed by atoms with E-state index in [9.17, 15) is 9.59 Å². The minimum atomic E-state index is -0.611. The SMILES string of the molecule is CCN(CC)C(C)CN1c2ccccc2Sc2ccccc21.COC(=O)Nc1nc2ccc(C(=O)c3ccccc3)cc2[nH]1.Cl. The van der Waals surface area contributed by atoms with Gasteiger partial charge >= 0.3 is 6.09 Å². The Bertz CT molecular complexity index is 1700. The molecule has 0 saturated heterocycles. The number of ketones is 1. The Kier molecular flexibility index (Phi) is 11.6. The van der Waals surface area contributed by atoms with Crippen LogP contribution in [0, 0.1) is 0 Å². The third-order valence-corrected chi connectivity index (χ3v) is 8.73. The van der Waals surface area contributed by atoms with Gasteiger partial charge in [-0.3, -0.25) is 15.0 Å². The Labute approximate surface area is 274 Å². The fraction of sp³-hybridized carbons (Fsp3) is 0.229. The molecule has 1 atom stereocenters. The highest BCUT2D eigenvalue weighted by Crippen LogP contribution is 2.47. The summed E-state index contributed by atoms with van der Waals surface area (Å²) in [5, 5.41) is 2.45. The lowest BCUT2D eigenvalue weighted by Crippen LogP contribution is -2.41. The van der Waals surface area contributed by atoms with Crippen LogP contribution in [0.1, 0.15) is 36.7 Å². The maximum absolute atomic E-state index is 12.4. The van der Waals surface area contributed by atoms with Gasteiger partial charge in [-0.25, -0.2) is 9.78 Å². The maximum atomic E-state index is 12.4. The number of imidazole rings is 1. The molecule has 2 N–H and O–H groups in total. The van der Waals surface area contributed by atoms with Crippen LogP contribution in [0.2, 0.25) is 0 Å². The van der Waals surface area contributed by atoms with Gasteiger partial charge in [-0.15, -0.1) is 12.4 Å². The summed E-state index contributed by atoms with van der Waals surface area (Å²) >= 11 is 1.88. The van der Waals surface area contributed by atoms with E-state index in [0.717, 1.165) is 19.6 Å². The summed E-state index contributed by atoms with van der Waals surface area (Å²) < 4.78 is 4.51. The van der Waals surface area contributed by atoms with Crippen LogP contribution in [-0.4, -0.2) is 59.5 Å². The average Bonchev–Trinajstić information content (AvgIpc) is 3.47. The van der Waals surface area contributed by atoms with Gasteiger partial charge in [-0.05, 0) is 62.5 Å². The molecule has 1 aliphatic heterocycles. The van der Waals surface area contributed by atoms with Gasteiger partial charge < -0.3 is 14.6 Å². The number of ether oxygens (including phenoxy) is 1. The largest absolute Gasteiger partial charge is 0.453 e. The summed E-state index contributed by atoms with van der Waals surface area (Å²) in [4.78, 5) is 38.4. The van der Waals surface area contributed by atoms with Crippen LogP contribution in [0.4, 0.5) is 22.1 Å². The number of hydrogen-bond donors (Lipinski definition) is 2.